The van der Waals surface area contributed by atoms with E-state index in [0.717, 1.165) is 40.0 Å². The van der Waals surface area contributed by atoms with Crippen molar-refractivity contribution in [3.05, 3.63) is 132 Å². The summed E-state index contributed by atoms with van der Waals surface area (Å²) in [4.78, 5) is 11.5. The molecule has 1 N–H and O–H groups in total. The summed E-state index contributed by atoms with van der Waals surface area (Å²) in [5.41, 5.74) is 5.26. The van der Waals surface area contributed by atoms with Crippen molar-refractivity contribution in [2.45, 2.75) is 25.9 Å². The lowest BCUT2D eigenvalue weighted by atomic mass is 10.0. The van der Waals surface area contributed by atoms with Gasteiger partial charge < -0.3 is 19.5 Å². The van der Waals surface area contributed by atoms with E-state index in [1.807, 2.05) is 104 Å². The maximum Gasteiger partial charge on any atom is 0.174 e. The minimum absolute atomic E-state index is 0.147. The van der Waals surface area contributed by atoms with Crippen LogP contribution >= 0.6 is 12.2 Å². The van der Waals surface area contributed by atoms with Crippen molar-refractivity contribution < 1.29 is 4.74 Å². The summed E-state index contributed by atoms with van der Waals surface area (Å²) in [6.45, 7) is 4.10. The first-order valence-electron chi connectivity index (χ1n) is 12.5. The van der Waals surface area contributed by atoms with E-state index in [9.17, 15) is 0 Å². The molecule has 1 aliphatic heterocycles. The first-order chi connectivity index (χ1) is 18.6. The van der Waals surface area contributed by atoms with Crippen LogP contribution in [0.25, 0.3) is 5.82 Å². The highest BCUT2D eigenvalue weighted by Crippen LogP contribution is 2.42. The fourth-order valence-corrected chi connectivity index (χ4v) is 5.14. The van der Waals surface area contributed by atoms with Crippen LogP contribution in [-0.2, 0) is 0 Å². The number of aryl methyl sites for hydroxylation is 2. The van der Waals surface area contributed by atoms with Crippen LogP contribution in [0.2, 0.25) is 0 Å². The molecule has 1 aliphatic rings. The highest BCUT2D eigenvalue weighted by atomic mass is 32.1. The van der Waals surface area contributed by atoms with Crippen LogP contribution in [0.4, 0.5) is 5.69 Å². The summed E-state index contributed by atoms with van der Waals surface area (Å²) in [5.74, 6) is 2.42. The molecule has 2 atom stereocenters. The quantitative estimate of drug-likeness (QED) is 0.249. The number of aromatic nitrogens is 3. The van der Waals surface area contributed by atoms with Crippen LogP contribution in [0, 0.1) is 13.8 Å². The molecule has 0 bridgehead atoms. The summed E-state index contributed by atoms with van der Waals surface area (Å²) in [7, 11) is 0. The van der Waals surface area contributed by atoms with Gasteiger partial charge in [0.25, 0.3) is 0 Å². The smallest absolute Gasteiger partial charge is 0.174 e. The minimum atomic E-state index is -0.153. The number of anilines is 1. The standard InChI is InChI=1S/C31H27N5OS/c1-21-8-13-24(14-9-21)37-25-15-11-23(12-16-25)36-30(29(34-31(36)38)26-6-3-4-18-32-26)27-7-5-19-35(27)28-17-10-22(2)20-33-28/h3-20,29-30H,1-2H3,(H,34,38)/t29-,30+/m1/s1. The molecule has 0 saturated carbocycles. The molecule has 1 fully saturated rings. The minimum Gasteiger partial charge on any atom is -0.457 e. The van der Waals surface area contributed by atoms with Gasteiger partial charge in [-0.25, -0.2) is 4.98 Å². The molecule has 6 nitrogen and oxygen atoms in total. The molecule has 6 rings (SSSR count). The topological polar surface area (TPSA) is 55.2 Å². The Morgan fingerprint density at radius 2 is 1.53 bits per heavy atom. The molecular formula is C31H27N5OS. The van der Waals surface area contributed by atoms with Crippen molar-refractivity contribution in [1.29, 1.82) is 0 Å². The second kappa shape index (κ2) is 10.1. The van der Waals surface area contributed by atoms with E-state index in [4.69, 9.17) is 17.0 Å². The van der Waals surface area contributed by atoms with E-state index in [1.54, 1.807) is 0 Å². The Bertz CT molecular complexity index is 1550. The number of nitrogens with zero attached hydrogens (tertiary/aromatic N) is 4. The van der Waals surface area contributed by atoms with Gasteiger partial charge in [0.15, 0.2) is 5.11 Å². The number of hydrogen-bond acceptors (Lipinski definition) is 4. The number of rotatable bonds is 6. The van der Waals surface area contributed by atoms with E-state index in [2.05, 4.69) is 43.8 Å². The number of pyridine rings is 2. The van der Waals surface area contributed by atoms with E-state index in [0.29, 0.717) is 5.11 Å². The average molecular weight is 518 g/mol. The molecule has 2 aromatic carbocycles. The molecule has 38 heavy (non-hydrogen) atoms. The van der Waals surface area contributed by atoms with Crippen LogP contribution in [-0.4, -0.2) is 19.6 Å². The van der Waals surface area contributed by atoms with Crippen LogP contribution in [0.1, 0.15) is 34.6 Å². The fourth-order valence-electron chi connectivity index (χ4n) is 4.80. The third kappa shape index (κ3) is 4.64. The van der Waals surface area contributed by atoms with Gasteiger partial charge in [0.2, 0.25) is 0 Å². The molecule has 5 aromatic rings. The van der Waals surface area contributed by atoms with Crippen molar-refractivity contribution in [1.82, 2.24) is 19.9 Å². The number of benzene rings is 2. The van der Waals surface area contributed by atoms with Gasteiger partial charge in [0.05, 0.1) is 11.7 Å². The molecule has 0 spiro atoms. The molecule has 0 amide bonds. The largest absolute Gasteiger partial charge is 0.457 e. The van der Waals surface area contributed by atoms with Crippen molar-refractivity contribution in [3.63, 3.8) is 0 Å². The first kappa shape index (κ1) is 23.9. The Morgan fingerprint density at radius 1 is 0.789 bits per heavy atom. The Morgan fingerprint density at radius 3 is 2.21 bits per heavy atom. The van der Waals surface area contributed by atoms with E-state index in [-0.39, 0.29) is 12.1 Å². The summed E-state index contributed by atoms with van der Waals surface area (Å²) >= 11 is 5.91. The van der Waals surface area contributed by atoms with Crippen LogP contribution in [0.15, 0.2) is 110 Å². The van der Waals surface area contributed by atoms with Crippen molar-refractivity contribution in [3.8, 4) is 17.3 Å². The van der Waals surface area contributed by atoms with E-state index < -0.39 is 0 Å². The normalized spacial score (nSPS) is 16.9. The average Bonchev–Trinajstić information content (AvgIpc) is 3.56. The summed E-state index contributed by atoms with van der Waals surface area (Å²) in [6, 6.07) is 30.0. The van der Waals surface area contributed by atoms with Crippen molar-refractivity contribution in [2.24, 2.45) is 0 Å². The number of thiocarbonyl (C=S) groups is 1. The first-order valence-corrected chi connectivity index (χ1v) is 12.9. The van der Waals surface area contributed by atoms with E-state index in [1.165, 1.54) is 5.56 Å². The van der Waals surface area contributed by atoms with Gasteiger partial charge in [-0.15, -0.1) is 0 Å². The molecule has 1 saturated heterocycles. The predicted molar refractivity (Wildman–Crippen MR) is 154 cm³/mol. The zero-order valence-corrected chi connectivity index (χ0v) is 22.0. The van der Waals surface area contributed by atoms with Crippen LogP contribution in [0.3, 0.4) is 0 Å². The van der Waals surface area contributed by atoms with Gasteiger partial charge in [0.1, 0.15) is 23.4 Å². The molecular weight excluding hydrogens is 490 g/mol. The third-order valence-corrected chi connectivity index (χ3v) is 7.01. The lowest BCUT2D eigenvalue weighted by molar-refractivity contribution is 0.482. The molecule has 0 radical (unpaired) electrons. The van der Waals surface area contributed by atoms with Gasteiger partial charge in [-0.05, 0) is 98.4 Å². The van der Waals surface area contributed by atoms with Crippen molar-refractivity contribution in [2.75, 3.05) is 4.90 Å². The zero-order chi connectivity index (χ0) is 26.1. The predicted octanol–water partition coefficient (Wildman–Crippen LogP) is 6.85. The summed E-state index contributed by atoms with van der Waals surface area (Å²) in [6.07, 6.45) is 5.75. The third-order valence-electron chi connectivity index (χ3n) is 6.70. The SMILES string of the molecule is Cc1ccc(Oc2ccc(N3C(=S)N[C@H](c4ccccn4)[C@@H]3c3cccn3-c3ccc(C)cn3)cc2)cc1. The highest BCUT2D eigenvalue weighted by Gasteiger charge is 2.42. The van der Waals surface area contributed by atoms with Gasteiger partial charge in [-0.2, -0.15) is 0 Å². The fraction of sp³-hybridized carbons (Fsp3) is 0.129. The molecule has 0 unspecified atom stereocenters. The van der Waals surface area contributed by atoms with Gasteiger partial charge in [-0.3, -0.25) is 4.98 Å². The van der Waals surface area contributed by atoms with Gasteiger partial charge in [0, 0.05) is 30.0 Å². The monoisotopic (exact) mass is 517 g/mol. The zero-order valence-electron chi connectivity index (χ0n) is 21.2. The Hall–Kier alpha value is -4.49. The van der Waals surface area contributed by atoms with Gasteiger partial charge in [-0.1, -0.05) is 29.8 Å². The number of ether oxygens (including phenoxy) is 1. The Labute approximate surface area is 227 Å². The molecule has 7 heteroatoms. The molecule has 188 valence electrons. The Balaban J connectivity index is 1.38. The molecule has 3 aromatic heterocycles. The second-order valence-electron chi connectivity index (χ2n) is 9.40. The lowest BCUT2D eigenvalue weighted by Gasteiger charge is -2.29. The van der Waals surface area contributed by atoms with Gasteiger partial charge >= 0.3 is 0 Å². The molecule has 4 heterocycles. The van der Waals surface area contributed by atoms with Crippen LogP contribution < -0.4 is 15.0 Å². The summed E-state index contributed by atoms with van der Waals surface area (Å²) < 4.78 is 8.19. The number of nitrogens with one attached hydrogen (secondary N) is 1. The van der Waals surface area contributed by atoms with Crippen molar-refractivity contribution >= 4 is 23.0 Å². The second-order valence-corrected chi connectivity index (χ2v) is 9.79. The Kier molecular flexibility index (Phi) is 6.35. The lowest BCUT2D eigenvalue weighted by Crippen LogP contribution is -2.30. The van der Waals surface area contributed by atoms with Crippen LogP contribution in [0.5, 0.6) is 11.5 Å². The highest BCUT2D eigenvalue weighted by molar-refractivity contribution is 7.80. The number of hydrogen-bond donors (Lipinski definition) is 1. The maximum absolute atomic E-state index is 6.06. The van der Waals surface area contributed by atoms with E-state index >= 15 is 0 Å². The maximum atomic E-state index is 6.06. The molecule has 0 aliphatic carbocycles. The summed E-state index contributed by atoms with van der Waals surface area (Å²) in [5, 5.41) is 4.18.